The number of nitrogens with zero attached hydrogens (tertiary/aromatic N) is 1. The predicted molar refractivity (Wildman–Crippen MR) is 81.0 cm³/mol. The Morgan fingerprint density at radius 3 is 2.48 bits per heavy atom. The van der Waals surface area contributed by atoms with Crippen molar-refractivity contribution in [1.29, 1.82) is 0 Å². The van der Waals surface area contributed by atoms with Gasteiger partial charge < -0.3 is 24.4 Å². The van der Waals surface area contributed by atoms with E-state index < -0.39 is 0 Å². The average Bonchev–Trinajstić information content (AvgIpc) is 2.52. The SMILES string of the molecule is CCOCCNC(=O)N(C)CCOc1ccc(OC)cc1. The smallest absolute Gasteiger partial charge is 0.317 e. The molecule has 0 fully saturated rings. The van der Waals surface area contributed by atoms with Gasteiger partial charge in [0.05, 0.1) is 20.3 Å². The van der Waals surface area contributed by atoms with Crippen LogP contribution in [0.4, 0.5) is 4.79 Å². The fraction of sp³-hybridized carbons (Fsp3) is 0.533. The molecule has 0 saturated carbocycles. The van der Waals surface area contributed by atoms with Gasteiger partial charge in [-0.3, -0.25) is 0 Å². The van der Waals surface area contributed by atoms with E-state index in [1.165, 1.54) is 0 Å². The number of rotatable bonds is 9. The summed E-state index contributed by atoms with van der Waals surface area (Å²) >= 11 is 0. The second-order valence-electron chi connectivity index (χ2n) is 4.37. The van der Waals surface area contributed by atoms with Crippen molar-refractivity contribution < 1.29 is 19.0 Å². The summed E-state index contributed by atoms with van der Waals surface area (Å²) in [5.74, 6) is 1.54. The first-order valence-corrected chi connectivity index (χ1v) is 7.01. The molecule has 0 bridgehead atoms. The molecule has 1 aromatic rings. The summed E-state index contributed by atoms with van der Waals surface area (Å²) in [5.41, 5.74) is 0. The van der Waals surface area contributed by atoms with Crippen LogP contribution in [0.2, 0.25) is 0 Å². The first kappa shape index (κ1) is 17.1. The molecular weight excluding hydrogens is 272 g/mol. The summed E-state index contributed by atoms with van der Waals surface area (Å²) in [6.45, 7) is 4.55. The number of methoxy groups -OCH3 is 1. The number of ether oxygens (including phenoxy) is 3. The Kier molecular flexibility index (Phi) is 8.04. The van der Waals surface area contributed by atoms with Gasteiger partial charge in [0.2, 0.25) is 0 Å². The molecular formula is C15H24N2O4. The van der Waals surface area contributed by atoms with Gasteiger partial charge in [0.15, 0.2) is 0 Å². The first-order valence-electron chi connectivity index (χ1n) is 7.01. The molecule has 21 heavy (non-hydrogen) atoms. The van der Waals surface area contributed by atoms with E-state index in [0.717, 1.165) is 11.5 Å². The molecule has 118 valence electrons. The Balaban J connectivity index is 2.19. The topological polar surface area (TPSA) is 60.0 Å². The van der Waals surface area contributed by atoms with Crippen molar-refractivity contribution in [1.82, 2.24) is 10.2 Å². The third-order valence-electron chi connectivity index (χ3n) is 2.83. The second kappa shape index (κ2) is 9.88. The van der Waals surface area contributed by atoms with E-state index in [-0.39, 0.29) is 6.03 Å². The predicted octanol–water partition coefficient (Wildman–Crippen LogP) is 1.75. The number of hydrogen-bond donors (Lipinski definition) is 1. The maximum absolute atomic E-state index is 11.7. The molecule has 1 aromatic carbocycles. The zero-order valence-electron chi connectivity index (χ0n) is 12.9. The molecule has 6 nitrogen and oxygen atoms in total. The Hall–Kier alpha value is -1.95. The summed E-state index contributed by atoms with van der Waals surface area (Å²) in [7, 11) is 3.35. The molecule has 1 N–H and O–H groups in total. The number of hydrogen-bond acceptors (Lipinski definition) is 4. The van der Waals surface area contributed by atoms with E-state index in [1.807, 2.05) is 31.2 Å². The van der Waals surface area contributed by atoms with Crippen LogP contribution in [0.1, 0.15) is 6.92 Å². The quantitative estimate of drug-likeness (QED) is 0.705. The number of urea groups is 1. The maximum Gasteiger partial charge on any atom is 0.317 e. The number of carbonyl (C=O) groups excluding carboxylic acids is 1. The van der Waals surface area contributed by atoms with Crippen molar-refractivity contribution in [3.63, 3.8) is 0 Å². The van der Waals surface area contributed by atoms with Gasteiger partial charge in [-0.15, -0.1) is 0 Å². The van der Waals surface area contributed by atoms with E-state index >= 15 is 0 Å². The first-order chi connectivity index (χ1) is 10.2. The number of likely N-dealkylation sites (N-methyl/N-ethyl adjacent to an activating group) is 1. The van der Waals surface area contributed by atoms with Gasteiger partial charge >= 0.3 is 6.03 Å². The Morgan fingerprint density at radius 2 is 1.86 bits per heavy atom. The van der Waals surface area contributed by atoms with Crippen molar-refractivity contribution in [3.8, 4) is 11.5 Å². The third-order valence-corrected chi connectivity index (χ3v) is 2.83. The maximum atomic E-state index is 11.7. The summed E-state index contributed by atoms with van der Waals surface area (Å²) in [6.07, 6.45) is 0. The molecule has 0 heterocycles. The Morgan fingerprint density at radius 1 is 1.19 bits per heavy atom. The highest BCUT2D eigenvalue weighted by Crippen LogP contribution is 2.16. The standard InChI is InChI=1S/C15H24N2O4/c1-4-20-11-9-16-15(18)17(2)10-12-21-14-7-5-13(19-3)6-8-14/h5-8H,4,9-12H2,1-3H3,(H,16,18). The lowest BCUT2D eigenvalue weighted by Gasteiger charge is -2.18. The van der Waals surface area contributed by atoms with Crippen molar-refractivity contribution in [2.45, 2.75) is 6.92 Å². The molecule has 0 aliphatic carbocycles. The number of benzene rings is 1. The highest BCUT2D eigenvalue weighted by Gasteiger charge is 2.07. The van der Waals surface area contributed by atoms with Crippen LogP contribution in [-0.2, 0) is 4.74 Å². The highest BCUT2D eigenvalue weighted by atomic mass is 16.5. The molecule has 0 spiro atoms. The van der Waals surface area contributed by atoms with Gasteiger partial charge in [0.25, 0.3) is 0 Å². The average molecular weight is 296 g/mol. The van der Waals surface area contributed by atoms with Crippen LogP contribution in [-0.4, -0.2) is 58.0 Å². The monoisotopic (exact) mass is 296 g/mol. The van der Waals surface area contributed by atoms with Gasteiger partial charge in [-0.25, -0.2) is 4.79 Å². The number of amides is 2. The van der Waals surface area contributed by atoms with Gasteiger partial charge in [0, 0.05) is 20.2 Å². The van der Waals surface area contributed by atoms with E-state index in [9.17, 15) is 4.79 Å². The molecule has 0 radical (unpaired) electrons. The lowest BCUT2D eigenvalue weighted by Crippen LogP contribution is -2.40. The number of nitrogens with one attached hydrogen (secondary N) is 1. The fourth-order valence-electron chi connectivity index (χ4n) is 1.58. The van der Waals surface area contributed by atoms with Crippen LogP contribution in [0.3, 0.4) is 0 Å². The van der Waals surface area contributed by atoms with Crippen LogP contribution in [0.25, 0.3) is 0 Å². The largest absolute Gasteiger partial charge is 0.497 e. The van der Waals surface area contributed by atoms with E-state index in [4.69, 9.17) is 14.2 Å². The fourth-order valence-corrected chi connectivity index (χ4v) is 1.58. The van der Waals surface area contributed by atoms with E-state index in [1.54, 1.807) is 19.1 Å². The van der Waals surface area contributed by atoms with Crippen LogP contribution in [0.5, 0.6) is 11.5 Å². The summed E-state index contributed by atoms with van der Waals surface area (Å²) < 4.78 is 15.8. The Labute approximate surface area is 126 Å². The molecule has 0 atom stereocenters. The van der Waals surface area contributed by atoms with Crippen molar-refractivity contribution in [3.05, 3.63) is 24.3 Å². The molecule has 0 unspecified atom stereocenters. The molecule has 2 amide bonds. The minimum atomic E-state index is -0.131. The van der Waals surface area contributed by atoms with Crippen molar-refractivity contribution in [2.24, 2.45) is 0 Å². The van der Waals surface area contributed by atoms with Gasteiger partial charge in [0.1, 0.15) is 18.1 Å². The van der Waals surface area contributed by atoms with Crippen molar-refractivity contribution >= 4 is 6.03 Å². The van der Waals surface area contributed by atoms with Gasteiger partial charge in [-0.1, -0.05) is 0 Å². The Bertz CT molecular complexity index is 409. The second-order valence-corrected chi connectivity index (χ2v) is 4.37. The van der Waals surface area contributed by atoms with E-state index in [0.29, 0.717) is 32.9 Å². The molecule has 6 heteroatoms. The minimum Gasteiger partial charge on any atom is -0.497 e. The molecule has 0 aromatic heterocycles. The van der Waals surface area contributed by atoms with Crippen molar-refractivity contribution in [2.75, 3.05) is 47.1 Å². The number of carbonyl (C=O) groups is 1. The molecule has 1 rings (SSSR count). The van der Waals surface area contributed by atoms with E-state index in [2.05, 4.69) is 5.32 Å². The lowest BCUT2D eigenvalue weighted by atomic mass is 10.3. The summed E-state index contributed by atoms with van der Waals surface area (Å²) in [5, 5.41) is 2.77. The highest BCUT2D eigenvalue weighted by molar-refractivity contribution is 5.73. The zero-order valence-corrected chi connectivity index (χ0v) is 12.9. The third kappa shape index (κ3) is 6.85. The molecule has 0 aliphatic rings. The molecule has 0 aliphatic heterocycles. The van der Waals surface area contributed by atoms with Crippen LogP contribution in [0, 0.1) is 0 Å². The summed E-state index contributed by atoms with van der Waals surface area (Å²) in [6, 6.07) is 7.20. The van der Waals surface area contributed by atoms with Crippen LogP contribution < -0.4 is 14.8 Å². The molecule has 0 saturated heterocycles. The normalized spacial score (nSPS) is 10.0. The summed E-state index contributed by atoms with van der Waals surface area (Å²) in [4.78, 5) is 13.3. The minimum absolute atomic E-state index is 0.131. The van der Waals surface area contributed by atoms with Crippen LogP contribution in [0.15, 0.2) is 24.3 Å². The lowest BCUT2D eigenvalue weighted by molar-refractivity contribution is 0.145. The van der Waals surface area contributed by atoms with Gasteiger partial charge in [-0.2, -0.15) is 0 Å². The van der Waals surface area contributed by atoms with Gasteiger partial charge in [-0.05, 0) is 31.2 Å². The van der Waals surface area contributed by atoms with Crippen LogP contribution >= 0.6 is 0 Å². The zero-order chi connectivity index (χ0) is 15.5.